The summed E-state index contributed by atoms with van der Waals surface area (Å²) >= 11 is 0. The first-order chi connectivity index (χ1) is 7.75. The number of fused-ring (bicyclic) bond motifs is 3. The number of nitrogens with one attached hydrogen (secondary N) is 1. The topological polar surface area (TPSA) is 63.1 Å². The van der Waals surface area contributed by atoms with E-state index < -0.39 is 5.63 Å². The zero-order chi connectivity index (χ0) is 11.1. The first-order valence-electron chi connectivity index (χ1n) is 4.80. The third-order valence-electron chi connectivity index (χ3n) is 2.52. The Morgan fingerprint density at radius 3 is 2.75 bits per heavy atom. The molecule has 0 aliphatic rings. The van der Waals surface area contributed by atoms with E-state index in [1.165, 1.54) is 12.1 Å². The van der Waals surface area contributed by atoms with Crippen LogP contribution in [0.5, 0.6) is 0 Å². The lowest BCUT2D eigenvalue weighted by Gasteiger charge is -2.00. The van der Waals surface area contributed by atoms with Gasteiger partial charge in [0.1, 0.15) is 5.58 Å². The number of aromatic nitrogens is 1. The van der Waals surface area contributed by atoms with Crippen LogP contribution in [0.4, 0.5) is 0 Å². The van der Waals surface area contributed by atoms with Gasteiger partial charge in [-0.2, -0.15) is 0 Å². The van der Waals surface area contributed by atoms with Gasteiger partial charge in [-0.1, -0.05) is 0 Å². The molecule has 0 saturated carbocycles. The third kappa shape index (κ3) is 1.16. The van der Waals surface area contributed by atoms with Gasteiger partial charge in [0.2, 0.25) is 0 Å². The number of benzene rings is 1. The van der Waals surface area contributed by atoms with E-state index in [1.54, 1.807) is 24.4 Å². The summed E-state index contributed by atoms with van der Waals surface area (Å²) in [6, 6.07) is 7.77. The lowest BCUT2D eigenvalue weighted by atomic mass is 10.1. The number of pyridine rings is 1. The first-order valence-corrected chi connectivity index (χ1v) is 4.80. The Balaban J connectivity index is 2.69. The quantitative estimate of drug-likeness (QED) is 0.456. The van der Waals surface area contributed by atoms with Crippen LogP contribution < -0.4 is 11.1 Å². The van der Waals surface area contributed by atoms with E-state index in [0.29, 0.717) is 16.4 Å². The summed E-state index contributed by atoms with van der Waals surface area (Å²) in [7, 11) is 0. The number of H-pyrrole nitrogens is 1. The summed E-state index contributed by atoms with van der Waals surface area (Å²) in [6.45, 7) is 0. The summed E-state index contributed by atoms with van der Waals surface area (Å²) in [4.78, 5) is 25.8. The van der Waals surface area contributed by atoms with Crippen molar-refractivity contribution >= 4 is 21.9 Å². The Kier molecular flexibility index (Phi) is 1.71. The molecule has 0 fully saturated rings. The summed E-state index contributed by atoms with van der Waals surface area (Å²) in [6.07, 6.45) is 1.59. The maximum atomic E-state index is 11.7. The van der Waals surface area contributed by atoms with Gasteiger partial charge in [0.25, 0.3) is 0 Å². The molecule has 1 N–H and O–H groups in total. The van der Waals surface area contributed by atoms with Crippen LogP contribution in [0.3, 0.4) is 0 Å². The fourth-order valence-electron chi connectivity index (χ4n) is 1.82. The van der Waals surface area contributed by atoms with Crippen LogP contribution in [0.1, 0.15) is 0 Å². The Hall–Kier alpha value is -2.36. The smallest absolute Gasteiger partial charge is 0.336 e. The minimum atomic E-state index is -0.417. The highest BCUT2D eigenvalue weighted by atomic mass is 16.4. The molecule has 4 nitrogen and oxygen atoms in total. The molecule has 0 unspecified atom stereocenters. The van der Waals surface area contributed by atoms with E-state index in [1.807, 2.05) is 0 Å². The normalized spacial score (nSPS) is 11.0. The van der Waals surface area contributed by atoms with Crippen molar-refractivity contribution in [2.45, 2.75) is 0 Å². The van der Waals surface area contributed by atoms with Crippen LogP contribution >= 0.6 is 0 Å². The van der Waals surface area contributed by atoms with Crippen LogP contribution in [0, 0.1) is 0 Å². The van der Waals surface area contributed by atoms with Crippen LogP contribution in [-0.2, 0) is 0 Å². The van der Waals surface area contributed by atoms with Crippen molar-refractivity contribution in [3.05, 3.63) is 57.2 Å². The average Bonchev–Trinajstić information content (AvgIpc) is 2.29. The van der Waals surface area contributed by atoms with Gasteiger partial charge in [0, 0.05) is 23.7 Å². The molecule has 1 aromatic carbocycles. The maximum Gasteiger partial charge on any atom is 0.336 e. The first kappa shape index (κ1) is 8.91. The van der Waals surface area contributed by atoms with Crippen molar-refractivity contribution in [2.24, 2.45) is 0 Å². The molecule has 78 valence electrons. The highest BCUT2D eigenvalue weighted by Crippen LogP contribution is 2.19. The highest BCUT2D eigenvalue weighted by molar-refractivity contribution is 6.03. The molecule has 0 amide bonds. The molecule has 0 spiro atoms. The van der Waals surface area contributed by atoms with Gasteiger partial charge in [-0.3, -0.25) is 4.79 Å². The third-order valence-corrected chi connectivity index (χ3v) is 2.52. The van der Waals surface area contributed by atoms with Crippen molar-refractivity contribution < 1.29 is 4.42 Å². The summed E-state index contributed by atoms with van der Waals surface area (Å²) < 4.78 is 5.02. The van der Waals surface area contributed by atoms with Crippen molar-refractivity contribution in [3.63, 3.8) is 0 Å². The van der Waals surface area contributed by atoms with Gasteiger partial charge in [-0.15, -0.1) is 0 Å². The largest absolute Gasteiger partial charge is 0.423 e. The standard InChI is InChI=1S/C12H7NO3/c14-9-5-6-13-8-2-3-10-7(12(8)9)1-4-11(15)16-10/h1-6H,(H,13,14). The van der Waals surface area contributed by atoms with Gasteiger partial charge in [-0.25, -0.2) is 4.79 Å². The Labute approximate surface area is 89.1 Å². The molecule has 0 bridgehead atoms. The molecule has 0 aliphatic carbocycles. The molecule has 0 atom stereocenters. The van der Waals surface area contributed by atoms with Gasteiger partial charge < -0.3 is 9.40 Å². The lowest BCUT2D eigenvalue weighted by molar-refractivity contribution is 0.561. The molecule has 16 heavy (non-hydrogen) atoms. The van der Waals surface area contributed by atoms with E-state index in [0.717, 1.165) is 5.52 Å². The van der Waals surface area contributed by atoms with E-state index in [4.69, 9.17) is 4.42 Å². The number of hydrogen-bond acceptors (Lipinski definition) is 3. The molecule has 2 heterocycles. The Morgan fingerprint density at radius 1 is 1.00 bits per heavy atom. The zero-order valence-electron chi connectivity index (χ0n) is 8.19. The second-order valence-electron chi connectivity index (χ2n) is 3.50. The molecule has 4 heteroatoms. The monoisotopic (exact) mass is 213 g/mol. The number of aromatic amines is 1. The SMILES string of the molecule is O=c1ccc2c(ccc3[nH]ccc(=O)c32)o1. The fraction of sp³-hybridized carbons (Fsp3) is 0. The van der Waals surface area contributed by atoms with E-state index in [-0.39, 0.29) is 5.43 Å². The molecule has 2 aromatic heterocycles. The minimum absolute atomic E-state index is 0.0896. The van der Waals surface area contributed by atoms with Crippen LogP contribution in [0.15, 0.2) is 50.5 Å². The fourth-order valence-corrected chi connectivity index (χ4v) is 1.82. The van der Waals surface area contributed by atoms with Crippen LogP contribution in [0.2, 0.25) is 0 Å². The molecule has 0 aliphatic heterocycles. The van der Waals surface area contributed by atoms with Crippen molar-refractivity contribution in [2.75, 3.05) is 0 Å². The van der Waals surface area contributed by atoms with Gasteiger partial charge in [-0.05, 0) is 18.2 Å². The summed E-state index contributed by atoms with van der Waals surface area (Å²) in [5.74, 6) is 0. The minimum Gasteiger partial charge on any atom is -0.423 e. The second kappa shape index (κ2) is 3.06. The van der Waals surface area contributed by atoms with E-state index in [9.17, 15) is 9.59 Å². The van der Waals surface area contributed by atoms with E-state index >= 15 is 0 Å². The van der Waals surface area contributed by atoms with Crippen LogP contribution in [-0.4, -0.2) is 4.98 Å². The molecular weight excluding hydrogens is 206 g/mol. The van der Waals surface area contributed by atoms with Crippen molar-refractivity contribution in [1.82, 2.24) is 4.98 Å². The van der Waals surface area contributed by atoms with Crippen LogP contribution in [0.25, 0.3) is 21.9 Å². The Bertz CT molecular complexity index is 798. The predicted octanol–water partition coefficient (Wildman–Crippen LogP) is 1.63. The molecule has 0 radical (unpaired) electrons. The van der Waals surface area contributed by atoms with Gasteiger partial charge in [0.05, 0.1) is 10.9 Å². The molecule has 3 aromatic rings. The number of hydrogen-bond donors (Lipinski definition) is 1. The molecule has 3 rings (SSSR count). The molecular formula is C12H7NO3. The summed E-state index contributed by atoms with van der Waals surface area (Å²) in [5, 5.41) is 1.20. The average molecular weight is 213 g/mol. The zero-order valence-corrected chi connectivity index (χ0v) is 8.19. The Morgan fingerprint density at radius 2 is 1.88 bits per heavy atom. The highest BCUT2D eigenvalue weighted by Gasteiger charge is 2.05. The van der Waals surface area contributed by atoms with Crippen molar-refractivity contribution in [3.8, 4) is 0 Å². The van der Waals surface area contributed by atoms with Gasteiger partial charge >= 0.3 is 5.63 Å². The van der Waals surface area contributed by atoms with Gasteiger partial charge in [0.15, 0.2) is 5.43 Å². The molecule has 0 saturated heterocycles. The second-order valence-corrected chi connectivity index (χ2v) is 3.50. The van der Waals surface area contributed by atoms with Crippen molar-refractivity contribution in [1.29, 1.82) is 0 Å². The number of rotatable bonds is 0. The van der Waals surface area contributed by atoms with E-state index in [2.05, 4.69) is 4.98 Å². The maximum absolute atomic E-state index is 11.7. The summed E-state index contributed by atoms with van der Waals surface area (Å²) in [5.41, 5.74) is 0.651. The predicted molar refractivity (Wildman–Crippen MR) is 60.6 cm³/mol. The lowest BCUT2D eigenvalue weighted by Crippen LogP contribution is -2.02.